The molecule has 6 nitrogen and oxygen atoms in total. The summed E-state index contributed by atoms with van der Waals surface area (Å²) < 4.78 is 1.72. The summed E-state index contributed by atoms with van der Waals surface area (Å²) in [7, 11) is 0. The molecule has 0 aliphatic carbocycles. The molecule has 1 aromatic heterocycles. The lowest BCUT2D eigenvalue weighted by Gasteiger charge is -2.19. The zero-order valence-corrected chi connectivity index (χ0v) is 11.5. The van der Waals surface area contributed by atoms with Crippen molar-refractivity contribution in [2.45, 2.75) is 33.2 Å². The molecule has 0 aromatic carbocycles. The molecule has 1 saturated heterocycles. The minimum atomic E-state index is -0.851. The third-order valence-electron chi connectivity index (χ3n) is 3.63. The highest BCUT2D eigenvalue weighted by atomic mass is 16.4. The molecule has 1 aliphatic heterocycles. The van der Waals surface area contributed by atoms with Gasteiger partial charge in [-0.2, -0.15) is 5.10 Å². The van der Waals surface area contributed by atoms with Crippen LogP contribution in [0.15, 0.2) is 12.3 Å². The first-order chi connectivity index (χ1) is 8.83. The fraction of sp³-hybridized carbons (Fsp3) is 0.615. The van der Waals surface area contributed by atoms with E-state index < -0.39 is 11.4 Å². The second-order valence-corrected chi connectivity index (χ2v) is 5.62. The Kier molecular flexibility index (Phi) is 3.34. The summed E-state index contributed by atoms with van der Waals surface area (Å²) in [6.07, 6.45) is 2.25. The molecule has 2 rings (SSSR count). The monoisotopic (exact) mass is 265 g/mol. The predicted octanol–water partition coefficient (Wildman–Crippen LogP) is 1.40. The zero-order chi connectivity index (χ0) is 14.2. The van der Waals surface area contributed by atoms with Crippen LogP contribution in [-0.4, -0.2) is 44.8 Å². The number of carbonyl (C=O) groups excluding carboxylic acids is 1. The van der Waals surface area contributed by atoms with Crippen molar-refractivity contribution in [1.29, 1.82) is 0 Å². The molecule has 0 spiro atoms. The SMILES string of the molecule is CC(C)n1ccc(C(=O)N2CCC(C)(C(=O)O)C2)n1. The third-order valence-corrected chi connectivity index (χ3v) is 3.63. The summed E-state index contributed by atoms with van der Waals surface area (Å²) in [6.45, 7) is 6.36. The molecule has 1 N–H and O–H groups in total. The van der Waals surface area contributed by atoms with Crippen molar-refractivity contribution in [3.05, 3.63) is 18.0 Å². The average molecular weight is 265 g/mol. The lowest BCUT2D eigenvalue weighted by molar-refractivity contribution is -0.147. The second kappa shape index (κ2) is 4.68. The lowest BCUT2D eigenvalue weighted by atomic mass is 9.90. The number of aromatic nitrogens is 2. The van der Waals surface area contributed by atoms with Crippen molar-refractivity contribution in [1.82, 2.24) is 14.7 Å². The quantitative estimate of drug-likeness (QED) is 0.896. The van der Waals surface area contributed by atoms with Gasteiger partial charge in [-0.05, 0) is 33.3 Å². The van der Waals surface area contributed by atoms with Gasteiger partial charge in [-0.1, -0.05) is 0 Å². The molecule has 1 aliphatic rings. The molecular weight excluding hydrogens is 246 g/mol. The van der Waals surface area contributed by atoms with Crippen LogP contribution in [0.4, 0.5) is 0 Å². The molecule has 1 unspecified atom stereocenters. The first-order valence-electron chi connectivity index (χ1n) is 6.41. The number of aliphatic carboxylic acids is 1. The highest BCUT2D eigenvalue weighted by molar-refractivity contribution is 5.93. The van der Waals surface area contributed by atoms with E-state index in [-0.39, 0.29) is 18.5 Å². The number of likely N-dealkylation sites (tertiary alicyclic amines) is 1. The largest absolute Gasteiger partial charge is 0.481 e. The number of nitrogens with zero attached hydrogens (tertiary/aromatic N) is 3. The Morgan fingerprint density at radius 3 is 2.63 bits per heavy atom. The van der Waals surface area contributed by atoms with Gasteiger partial charge < -0.3 is 10.0 Å². The third kappa shape index (κ3) is 2.47. The van der Waals surface area contributed by atoms with E-state index in [1.54, 1.807) is 28.8 Å². The first kappa shape index (κ1) is 13.6. The summed E-state index contributed by atoms with van der Waals surface area (Å²) in [5, 5.41) is 13.4. The highest BCUT2D eigenvalue weighted by Crippen LogP contribution is 2.30. The van der Waals surface area contributed by atoms with Gasteiger partial charge in [-0.3, -0.25) is 14.3 Å². The van der Waals surface area contributed by atoms with Crippen molar-refractivity contribution < 1.29 is 14.7 Å². The minimum absolute atomic E-state index is 0.190. The lowest BCUT2D eigenvalue weighted by Crippen LogP contribution is -2.35. The van der Waals surface area contributed by atoms with E-state index in [4.69, 9.17) is 5.11 Å². The van der Waals surface area contributed by atoms with Crippen LogP contribution in [-0.2, 0) is 4.79 Å². The van der Waals surface area contributed by atoms with Crippen molar-refractivity contribution in [3.8, 4) is 0 Å². The topological polar surface area (TPSA) is 75.4 Å². The van der Waals surface area contributed by atoms with Gasteiger partial charge >= 0.3 is 5.97 Å². The standard InChI is InChI=1S/C13H19N3O3/c1-9(2)16-6-4-10(14-16)11(17)15-7-5-13(3,8-15)12(18)19/h4,6,9H,5,7-8H2,1-3H3,(H,18,19). The van der Waals surface area contributed by atoms with Crippen molar-refractivity contribution in [3.63, 3.8) is 0 Å². The summed E-state index contributed by atoms with van der Waals surface area (Å²) >= 11 is 0. The van der Waals surface area contributed by atoms with Crippen LogP contribution in [0.1, 0.15) is 43.7 Å². The first-order valence-corrected chi connectivity index (χ1v) is 6.41. The van der Waals surface area contributed by atoms with Crippen LogP contribution in [0.25, 0.3) is 0 Å². The van der Waals surface area contributed by atoms with E-state index in [1.807, 2.05) is 13.8 Å². The Bertz CT molecular complexity index is 509. The average Bonchev–Trinajstić information content (AvgIpc) is 2.95. The molecule has 0 saturated carbocycles. The second-order valence-electron chi connectivity index (χ2n) is 5.62. The number of carboxylic acid groups (broad SMARTS) is 1. The Hall–Kier alpha value is -1.85. The number of hydrogen-bond acceptors (Lipinski definition) is 3. The summed E-state index contributed by atoms with van der Waals surface area (Å²) in [5.74, 6) is -1.04. The summed E-state index contributed by atoms with van der Waals surface area (Å²) in [5.41, 5.74) is -0.459. The van der Waals surface area contributed by atoms with Crippen LogP contribution in [0, 0.1) is 5.41 Å². The summed E-state index contributed by atoms with van der Waals surface area (Å²) in [4.78, 5) is 25.0. The van der Waals surface area contributed by atoms with E-state index in [0.717, 1.165) is 0 Å². The van der Waals surface area contributed by atoms with Gasteiger partial charge in [0.15, 0.2) is 0 Å². The van der Waals surface area contributed by atoms with Crippen LogP contribution in [0.5, 0.6) is 0 Å². The maximum Gasteiger partial charge on any atom is 0.311 e. The van der Waals surface area contributed by atoms with Crippen LogP contribution >= 0.6 is 0 Å². The molecule has 0 bridgehead atoms. The van der Waals surface area contributed by atoms with E-state index in [0.29, 0.717) is 18.7 Å². The molecule has 1 amide bonds. The van der Waals surface area contributed by atoms with Crippen LogP contribution in [0.3, 0.4) is 0 Å². The molecule has 1 fully saturated rings. The minimum Gasteiger partial charge on any atom is -0.481 e. The fourth-order valence-electron chi connectivity index (χ4n) is 2.21. The van der Waals surface area contributed by atoms with Gasteiger partial charge in [0.25, 0.3) is 5.91 Å². The Labute approximate surface area is 112 Å². The maximum absolute atomic E-state index is 12.3. The number of rotatable bonds is 3. The molecule has 0 radical (unpaired) electrons. The molecule has 1 aromatic rings. The number of carboxylic acids is 1. The molecule has 2 heterocycles. The molecular formula is C13H19N3O3. The zero-order valence-electron chi connectivity index (χ0n) is 11.5. The highest BCUT2D eigenvalue weighted by Gasteiger charge is 2.42. The van der Waals surface area contributed by atoms with E-state index in [9.17, 15) is 9.59 Å². The van der Waals surface area contributed by atoms with Gasteiger partial charge in [0.05, 0.1) is 5.41 Å². The molecule has 6 heteroatoms. The molecule has 1 atom stereocenters. The van der Waals surface area contributed by atoms with Gasteiger partial charge in [0.1, 0.15) is 5.69 Å². The predicted molar refractivity (Wildman–Crippen MR) is 68.9 cm³/mol. The van der Waals surface area contributed by atoms with Crippen LogP contribution < -0.4 is 0 Å². The number of hydrogen-bond donors (Lipinski definition) is 1. The smallest absolute Gasteiger partial charge is 0.311 e. The van der Waals surface area contributed by atoms with Gasteiger partial charge in [0, 0.05) is 25.3 Å². The Morgan fingerprint density at radius 1 is 1.47 bits per heavy atom. The van der Waals surface area contributed by atoms with Gasteiger partial charge in [-0.25, -0.2) is 0 Å². The molecule has 104 valence electrons. The Balaban J connectivity index is 2.11. The van der Waals surface area contributed by atoms with Crippen LogP contribution in [0.2, 0.25) is 0 Å². The summed E-state index contributed by atoms with van der Waals surface area (Å²) in [6, 6.07) is 1.88. The maximum atomic E-state index is 12.3. The Morgan fingerprint density at radius 2 is 2.16 bits per heavy atom. The van der Waals surface area contributed by atoms with E-state index in [1.165, 1.54) is 0 Å². The van der Waals surface area contributed by atoms with Crippen molar-refractivity contribution in [2.24, 2.45) is 5.41 Å². The van der Waals surface area contributed by atoms with Crippen molar-refractivity contribution >= 4 is 11.9 Å². The number of carbonyl (C=O) groups is 2. The fourth-order valence-corrected chi connectivity index (χ4v) is 2.21. The molecule has 19 heavy (non-hydrogen) atoms. The van der Waals surface area contributed by atoms with Gasteiger partial charge in [0.2, 0.25) is 0 Å². The number of amides is 1. The van der Waals surface area contributed by atoms with E-state index >= 15 is 0 Å². The van der Waals surface area contributed by atoms with E-state index in [2.05, 4.69) is 5.10 Å². The normalized spacial score (nSPS) is 23.1. The van der Waals surface area contributed by atoms with Gasteiger partial charge in [-0.15, -0.1) is 0 Å². The van der Waals surface area contributed by atoms with Crippen molar-refractivity contribution in [2.75, 3.05) is 13.1 Å².